The van der Waals surface area contributed by atoms with E-state index in [1.54, 1.807) is 0 Å². The zero-order valence-electron chi connectivity index (χ0n) is 10.5. The van der Waals surface area contributed by atoms with Gasteiger partial charge in [-0.3, -0.25) is 0 Å². The molecule has 0 aliphatic heterocycles. The minimum atomic E-state index is 0.700. The zero-order chi connectivity index (χ0) is 13.1. The van der Waals surface area contributed by atoms with Crippen LogP contribution in [0.1, 0.15) is 18.2 Å². The highest BCUT2D eigenvalue weighted by Gasteiger charge is 2.05. The standard InChI is InChI=1S/C14H16Cl2N2/c1-3-18-6-4-5-11(18)9-17-14-8-12(15)10(2)7-13(14)16/h4-8,17H,3,9H2,1-2H3. The van der Waals surface area contributed by atoms with Gasteiger partial charge in [0.05, 0.1) is 17.3 Å². The van der Waals surface area contributed by atoms with Crippen LogP contribution >= 0.6 is 23.2 Å². The van der Waals surface area contributed by atoms with Crippen molar-refractivity contribution in [2.45, 2.75) is 26.9 Å². The van der Waals surface area contributed by atoms with Gasteiger partial charge in [-0.05, 0) is 43.7 Å². The van der Waals surface area contributed by atoms with E-state index < -0.39 is 0 Å². The summed E-state index contributed by atoms with van der Waals surface area (Å²) in [7, 11) is 0. The van der Waals surface area contributed by atoms with Crippen molar-refractivity contribution in [2.75, 3.05) is 5.32 Å². The van der Waals surface area contributed by atoms with Crippen LogP contribution in [0.3, 0.4) is 0 Å². The Morgan fingerprint density at radius 1 is 1.22 bits per heavy atom. The number of halogens is 2. The van der Waals surface area contributed by atoms with Gasteiger partial charge >= 0.3 is 0 Å². The second-order valence-corrected chi connectivity index (χ2v) is 5.03. The van der Waals surface area contributed by atoms with Crippen LogP contribution in [0.4, 0.5) is 5.69 Å². The summed E-state index contributed by atoms with van der Waals surface area (Å²) in [4.78, 5) is 0. The SMILES string of the molecule is CCn1cccc1CNc1cc(Cl)c(C)cc1Cl. The summed E-state index contributed by atoms with van der Waals surface area (Å²) < 4.78 is 2.19. The van der Waals surface area contributed by atoms with E-state index in [0.717, 1.165) is 29.4 Å². The first-order valence-electron chi connectivity index (χ1n) is 5.95. The first-order valence-corrected chi connectivity index (χ1v) is 6.71. The van der Waals surface area contributed by atoms with E-state index in [-0.39, 0.29) is 0 Å². The molecular weight excluding hydrogens is 267 g/mol. The Bertz CT molecular complexity index is 547. The smallest absolute Gasteiger partial charge is 0.0641 e. The molecule has 0 unspecified atom stereocenters. The Kier molecular flexibility index (Phi) is 4.20. The van der Waals surface area contributed by atoms with Crippen LogP contribution in [-0.4, -0.2) is 4.57 Å². The Hall–Kier alpha value is -1.12. The van der Waals surface area contributed by atoms with E-state index in [0.29, 0.717) is 5.02 Å². The monoisotopic (exact) mass is 282 g/mol. The van der Waals surface area contributed by atoms with Gasteiger partial charge in [0.15, 0.2) is 0 Å². The van der Waals surface area contributed by atoms with Gasteiger partial charge < -0.3 is 9.88 Å². The highest BCUT2D eigenvalue weighted by Crippen LogP contribution is 2.29. The highest BCUT2D eigenvalue weighted by atomic mass is 35.5. The predicted octanol–water partition coefficient (Wildman–Crippen LogP) is 4.74. The van der Waals surface area contributed by atoms with Crippen molar-refractivity contribution in [3.8, 4) is 0 Å². The molecule has 0 saturated carbocycles. The molecule has 0 fully saturated rings. The Balaban J connectivity index is 2.13. The van der Waals surface area contributed by atoms with Crippen molar-refractivity contribution in [3.05, 3.63) is 51.8 Å². The summed E-state index contributed by atoms with van der Waals surface area (Å²) in [6.07, 6.45) is 2.07. The number of benzene rings is 1. The highest BCUT2D eigenvalue weighted by molar-refractivity contribution is 6.35. The summed E-state index contributed by atoms with van der Waals surface area (Å²) in [6.45, 7) is 5.77. The van der Waals surface area contributed by atoms with Crippen LogP contribution in [0.2, 0.25) is 10.0 Å². The van der Waals surface area contributed by atoms with Gasteiger partial charge in [0.25, 0.3) is 0 Å². The lowest BCUT2D eigenvalue weighted by molar-refractivity contribution is 0.724. The lowest BCUT2D eigenvalue weighted by atomic mass is 10.2. The molecule has 2 rings (SSSR count). The molecule has 0 bridgehead atoms. The Labute approximate surface area is 118 Å². The van der Waals surface area contributed by atoms with Crippen LogP contribution in [0.15, 0.2) is 30.5 Å². The summed E-state index contributed by atoms with van der Waals surface area (Å²) in [5, 5.41) is 4.75. The van der Waals surface area contributed by atoms with E-state index >= 15 is 0 Å². The van der Waals surface area contributed by atoms with E-state index in [4.69, 9.17) is 23.2 Å². The maximum Gasteiger partial charge on any atom is 0.0641 e. The fourth-order valence-corrected chi connectivity index (χ4v) is 2.33. The summed E-state index contributed by atoms with van der Waals surface area (Å²) in [5.41, 5.74) is 3.09. The molecule has 1 N–H and O–H groups in total. The van der Waals surface area contributed by atoms with Crippen LogP contribution in [0, 0.1) is 6.92 Å². The van der Waals surface area contributed by atoms with Crippen molar-refractivity contribution < 1.29 is 0 Å². The van der Waals surface area contributed by atoms with Crippen molar-refractivity contribution in [1.82, 2.24) is 4.57 Å². The first kappa shape index (κ1) is 13.3. The fourth-order valence-electron chi connectivity index (χ4n) is 1.89. The predicted molar refractivity (Wildman–Crippen MR) is 78.6 cm³/mol. The summed E-state index contributed by atoms with van der Waals surface area (Å²) >= 11 is 12.3. The number of hydrogen-bond donors (Lipinski definition) is 1. The average Bonchev–Trinajstić information content (AvgIpc) is 2.79. The Morgan fingerprint density at radius 3 is 2.72 bits per heavy atom. The molecule has 2 aromatic rings. The van der Waals surface area contributed by atoms with Gasteiger partial charge in [-0.1, -0.05) is 23.2 Å². The third kappa shape index (κ3) is 2.82. The van der Waals surface area contributed by atoms with Crippen LogP contribution in [-0.2, 0) is 13.1 Å². The maximum atomic E-state index is 6.19. The van der Waals surface area contributed by atoms with Crippen molar-refractivity contribution in [1.29, 1.82) is 0 Å². The third-order valence-electron chi connectivity index (χ3n) is 2.97. The topological polar surface area (TPSA) is 17.0 Å². The number of rotatable bonds is 4. The van der Waals surface area contributed by atoms with E-state index in [2.05, 4.69) is 29.1 Å². The maximum absolute atomic E-state index is 6.19. The van der Waals surface area contributed by atoms with Gasteiger partial charge in [-0.2, -0.15) is 0 Å². The van der Waals surface area contributed by atoms with Gasteiger partial charge in [0.1, 0.15) is 0 Å². The summed E-state index contributed by atoms with van der Waals surface area (Å²) in [6, 6.07) is 7.90. The molecular formula is C14H16Cl2N2. The molecule has 0 spiro atoms. The first-order chi connectivity index (χ1) is 8.61. The number of nitrogens with one attached hydrogen (secondary N) is 1. The number of nitrogens with zero attached hydrogens (tertiary/aromatic N) is 1. The minimum absolute atomic E-state index is 0.700. The van der Waals surface area contributed by atoms with Crippen molar-refractivity contribution in [3.63, 3.8) is 0 Å². The largest absolute Gasteiger partial charge is 0.378 e. The molecule has 0 amide bonds. The van der Waals surface area contributed by atoms with E-state index in [1.807, 2.05) is 25.1 Å². The van der Waals surface area contributed by atoms with Gasteiger partial charge in [0.2, 0.25) is 0 Å². The molecule has 1 aromatic heterocycles. The molecule has 2 nitrogen and oxygen atoms in total. The molecule has 0 atom stereocenters. The molecule has 1 aromatic carbocycles. The van der Waals surface area contributed by atoms with Gasteiger partial charge in [0, 0.05) is 23.5 Å². The van der Waals surface area contributed by atoms with Crippen LogP contribution in [0.25, 0.3) is 0 Å². The molecule has 1 heterocycles. The minimum Gasteiger partial charge on any atom is -0.378 e. The molecule has 18 heavy (non-hydrogen) atoms. The second kappa shape index (κ2) is 5.68. The average molecular weight is 283 g/mol. The van der Waals surface area contributed by atoms with Gasteiger partial charge in [-0.15, -0.1) is 0 Å². The van der Waals surface area contributed by atoms with Crippen LogP contribution < -0.4 is 5.32 Å². The quantitative estimate of drug-likeness (QED) is 0.858. The molecule has 0 aliphatic carbocycles. The molecule has 4 heteroatoms. The van der Waals surface area contributed by atoms with Crippen molar-refractivity contribution >= 4 is 28.9 Å². The molecule has 96 valence electrons. The lowest BCUT2D eigenvalue weighted by Crippen LogP contribution is -2.06. The van der Waals surface area contributed by atoms with Crippen molar-refractivity contribution in [2.24, 2.45) is 0 Å². The van der Waals surface area contributed by atoms with E-state index in [1.165, 1.54) is 5.69 Å². The normalized spacial score (nSPS) is 10.7. The van der Waals surface area contributed by atoms with Crippen LogP contribution in [0.5, 0.6) is 0 Å². The number of aromatic nitrogens is 1. The molecule has 0 saturated heterocycles. The van der Waals surface area contributed by atoms with E-state index in [9.17, 15) is 0 Å². The summed E-state index contributed by atoms with van der Waals surface area (Å²) in [5.74, 6) is 0. The zero-order valence-corrected chi connectivity index (χ0v) is 12.0. The van der Waals surface area contributed by atoms with Gasteiger partial charge in [-0.25, -0.2) is 0 Å². The fraction of sp³-hybridized carbons (Fsp3) is 0.286. The lowest BCUT2D eigenvalue weighted by Gasteiger charge is -2.12. The number of anilines is 1. The number of hydrogen-bond acceptors (Lipinski definition) is 1. The number of aryl methyl sites for hydroxylation is 2. The molecule has 0 radical (unpaired) electrons. The third-order valence-corrected chi connectivity index (χ3v) is 3.69. The second-order valence-electron chi connectivity index (χ2n) is 4.22. The Morgan fingerprint density at radius 2 is 2.00 bits per heavy atom. The molecule has 0 aliphatic rings.